The molecule has 5 nitrogen and oxygen atoms in total. The molecule has 4 aromatic rings. The lowest BCUT2D eigenvalue weighted by molar-refractivity contribution is 0.474. The van der Waals surface area contributed by atoms with Crippen molar-refractivity contribution in [1.82, 2.24) is 0 Å². The Bertz CT molecular complexity index is 1100. The van der Waals surface area contributed by atoms with Gasteiger partial charge in [-0.25, -0.2) is 0 Å². The average molecular weight is 412 g/mol. The molecule has 4 rings (SSSR count). The van der Waals surface area contributed by atoms with Crippen LogP contribution in [0.2, 0.25) is 0 Å². The number of hydrogen-bond donors (Lipinski definition) is 4. The monoisotopic (exact) mass is 412 g/mol. The maximum absolute atomic E-state index is 9.56. The largest absolute Gasteiger partial charge is 0.508 e. The zero-order chi connectivity index (χ0) is 21.8. The molecule has 0 radical (unpaired) electrons. The minimum atomic E-state index is 0.227. The molecule has 0 heterocycles. The van der Waals surface area contributed by atoms with E-state index >= 15 is 0 Å². The normalized spacial score (nSPS) is 10.7. The van der Waals surface area contributed by atoms with E-state index in [4.69, 9.17) is 16.2 Å². The molecule has 0 amide bonds. The van der Waals surface area contributed by atoms with E-state index in [0.717, 1.165) is 22.3 Å². The maximum atomic E-state index is 9.56. The Morgan fingerprint density at radius 1 is 0.581 bits per heavy atom. The topological polar surface area (TPSA) is 102 Å². The number of aromatic hydroxyl groups is 2. The lowest BCUT2D eigenvalue weighted by Gasteiger charge is -2.16. The second kappa shape index (κ2) is 8.71. The molecule has 0 aliphatic carbocycles. The molecule has 5 heteroatoms. The lowest BCUT2D eigenvalue weighted by atomic mass is 9.96. The summed E-state index contributed by atoms with van der Waals surface area (Å²) in [4.78, 5) is 0. The predicted octanol–water partition coefficient (Wildman–Crippen LogP) is 5.24. The highest BCUT2D eigenvalue weighted by Gasteiger charge is 2.12. The van der Waals surface area contributed by atoms with Crippen molar-refractivity contribution in [2.24, 2.45) is 0 Å². The number of hydrogen-bond acceptors (Lipinski definition) is 5. The van der Waals surface area contributed by atoms with Gasteiger partial charge in [-0.05, 0) is 95.8 Å². The standard InChI is InChI=1S/C26H24N2O3/c27-21-5-11-24(12-6-21)31-25-15-19(13-17-1-7-22(29)8-2-17)26(28)20(16-25)14-18-3-9-23(30)10-4-18/h1-12,15-16,29-30H,13-14,27-28H2. The summed E-state index contributed by atoms with van der Waals surface area (Å²) in [5.41, 5.74) is 17.6. The van der Waals surface area contributed by atoms with E-state index in [0.29, 0.717) is 35.7 Å². The van der Waals surface area contributed by atoms with Crippen molar-refractivity contribution in [3.05, 3.63) is 107 Å². The van der Waals surface area contributed by atoms with Gasteiger partial charge in [0.1, 0.15) is 23.0 Å². The van der Waals surface area contributed by atoms with Crippen molar-refractivity contribution in [2.45, 2.75) is 12.8 Å². The van der Waals surface area contributed by atoms with E-state index in [-0.39, 0.29) is 11.5 Å². The number of phenolic OH excluding ortho intramolecular Hbond substituents is 2. The van der Waals surface area contributed by atoms with Gasteiger partial charge in [0, 0.05) is 11.4 Å². The quantitative estimate of drug-likeness (QED) is 0.325. The number of rotatable bonds is 6. The number of nitrogen functional groups attached to an aromatic ring is 2. The van der Waals surface area contributed by atoms with Gasteiger partial charge in [-0.2, -0.15) is 0 Å². The van der Waals surface area contributed by atoms with Crippen molar-refractivity contribution in [3.8, 4) is 23.0 Å². The van der Waals surface area contributed by atoms with Gasteiger partial charge in [-0.1, -0.05) is 24.3 Å². The van der Waals surface area contributed by atoms with E-state index < -0.39 is 0 Å². The van der Waals surface area contributed by atoms with Crippen LogP contribution in [-0.2, 0) is 12.8 Å². The third kappa shape index (κ3) is 5.08. The van der Waals surface area contributed by atoms with Crippen molar-refractivity contribution < 1.29 is 14.9 Å². The van der Waals surface area contributed by atoms with Crippen LogP contribution in [0.4, 0.5) is 11.4 Å². The molecule has 0 fully saturated rings. The Kier molecular flexibility index (Phi) is 5.67. The third-order valence-electron chi connectivity index (χ3n) is 5.10. The Labute approximate surface area is 181 Å². The molecule has 4 aromatic carbocycles. The number of nitrogens with two attached hydrogens (primary N) is 2. The van der Waals surface area contributed by atoms with Gasteiger partial charge in [0.05, 0.1) is 0 Å². The molecule has 31 heavy (non-hydrogen) atoms. The average Bonchev–Trinajstić information content (AvgIpc) is 2.76. The van der Waals surface area contributed by atoms with Crippen LogP contribution in [0.15, 0.2) is 84.9 Å². The molecule has 0 aliphatic rings. The highest BCUT2D eigenvalue weighted by molar-refractivity contribution is 5.60. The second-order valence-corrected chi connectivity index (χ2v) is 7.51. The van der Waals surface area contributed by atoms with E-state index in [1.165, 1.54) is 0 Å². The summed E-state index contributed by atoms with van der Waals surface area (Å²) < 4.78 is 6.09. The highest BCUT2D eigenvalue weighted by atomic mass is 16.5. The van der Waals surface area contributed by atoms with Crippen LogP contribution >= 0.6 is 0 Å². The molecule has 0 aliphatic heterocycles. The molecule has 0 atom stereocenters. The summed E-state index contributed by atoms with van der Waals surface area (Å²) in [5, 5.41) is 19.1. The number of anilines is 2. The molecule has 0 saturated carbocycles. The van der Waals surface area contributed by atoms with Crippen LogP contribution in [0.25, 0.3) is 0 Å². The molecule has 0 saturated heterocycles. The first-order valence-electron chi connectivity index (χ1n) is 9.97. The Morgan fingerprint density at radius 2 is 1.03 bits per heavy atom. The molecular formula is C26H24N2O3. The van der Waals surface area contributed by atoms with Gasteiger partial charge in [-0.3, -0.25) is 0 Å². The number of benzene rings is 4. The molecule has 156 valence electrons. The Morgan fingerprint density at radius 3 is 1.48 bits per heavy atom. The Balaban J connectivity index is 1.69. The summed E-state index contributed by atoms with van der Waals surface area (Å²) in [7, 11) is 0. The first kappa shape index (κ1) is 20.2. The fourth-order valence-electron chi connectivity index (χ4n) is 3.44. The van der Waals surface area contributed by atoms with Crippen LogP contribution in [-0.4, -0.2) is 10.2 Å². The molecule has 0 spiro atoms. The van der Waals surface area contributed by atoms with Crippen LogP contribution in [0.5, 0.6) is 23.0 Å². The summed E-state index contributed by atoms with van der Waals surface area (Å²) >= 11 is 0. The predicted molar refractivity (Wildman–Crippen MR) is 124 cm³/mol. The first-order chi connectivity index (χ1) is 15.0. The van der Waals surface area contributed by atoms with Gasteiger partial charge >= 0.3 is 0 Å². The van der Waals surface area contributed by atoms with Crippen LogP contribution in [0.3, 0.4) is 0 Å². The summed E-state index contributed by atoms with van der Waals surface area (Å²) in [6.45, 7) is 0. The lowest BCUT2D eigenvalue weighted by Crippen LogP contribution is -2.03. The van der Waals surface area contributed by atoms with Crippen molar-refractivity contribution in [3.63, 3.8) is 0 Å². The van der Waals surface area contributed by atoms with E-state index in [1.54, 1.807) is 36.4 Å². The first-order valence-corrected chi connectivity index (χ1v) is 9.97. The second-order valence-electron chi connectivity index (χ2n) is 7.51. The van der Waals surface area contributed by atoms with E-state index in [2.05, 4.69) is 0 Å². The summed E-state index contributed by atoms with van der Waals surface area (Å²) in [5.74, 6) is 1.82. The fourth-order valence-corrected chi connectivity index (χ4v) is 3.44. The minimum Gasteiger partial charge on any atom is -0.508 e. The van der Waals surface area contributed by atoms with Crippen molar-refractivity contribution in [1.29, 1.82) is 0 Å². The molecule has 0 unspecified atom stereocenters. The van der Waals surface area contributed by atoms with Crippen molar-refractivity contribution >= 4 is 11.4 Å². The summed E-state index contributed by atoms with van der Waals surface area (Å²) in [6, 6.07) is 25.3. The number of phenols is 2. The van der Waals surface area contributed by atoms with E-state index in [9.17, 15) is 10.2 Å². The zero-order valence-electron chi connectivity index (χ0n) is 17.0. The van der Waals surface area contributed by atoms with Gasteiger partial charge in [0.2, 0.25) is 0 Å². The molecule has 6 N–H and O–H groups in total. The van der Waals surface area contributed by atoms with Crippen LogP contribution in [0.1, 0.15) is 22.3 Å². The maximum Gasteiger partial charge on any atom is 0.128 e. The fraction of sp³-hybridized carbons (Fsp3) is 0.0769. The van der Waals surface area contributed by atoms with Crippen LogP contribution in [0, 0.1) is 0 Å². The summed E-state index contributed by atoms with van der Waals surface area (Å²) in [6.07, 6.45) is 1.21. The van der Waals surface area contributed by atoms with E-state index in [1.807, 2.05) is 48.5 Å². The smallest absolute Gasteiger partial charge is 0.128 e. The molecular weight excluding hydrogens is 388 g/mol. The highest BCUT2D eigenvalue weighted by Crippen LogP contribution is 2.32. The third-order valence-corrected chi connectivity index (χ3v) is 5.10. The zero-order valence-corrected chi connectivity index (χ0v) is 17.0. The molecule has 0 bridgehead atoms. The van der Waals surface area contributed by atoms with Gasteiger partial charge in [0.25, 0.3) is 0 Å². The minimum absolute atomic E-state index is 0.227. The SMILES string of the molecule is Nc1ccc(Oc2cc(Cc3ccc(O)cc3)c(N)c(Cc3ccc(O)cc3)c2)cc1. The van der Waals surface area contributed by atoms with Gasteiger partial charge in [0.15, 0.2) is 0 Å². The number of ether oxygens (including phenoxy) is 1. The van der Waals surface area contributed by atoms with Gasteiger partial charge in [-0.15, -0.1) is 0 Å². The van der Waals surface area contributed by atoms with Crippen molar-refractivity contribution in [2.75, 3.05) is 11.5 Å². The molecule has 0 aromatic heterocycles. The van der Waals surface area contributed by atoms with Crippen LogP contribution < -0.4 is 16.2 Å². The van der Waals surface area contributed by atoms with Gasteiger partial charge < -0.3 is 26.4 Å². The Hall–Kier alpha value is -4.12.